The molecule has 0 aliphatic rings. The molecule has 0 aliphatic carbocycles. The quantitative estimate of drug-likeness (QED) is 0.453. The number of ketones is 2. The van der Waals surface area contributed by atoms with Crippen molar-refractivity contribution in [3.8, 4) is 0 Å². The molecule has 0 bridgehead atoms. The largest absolute Gasteiger partial charge is 0.299 e. The van der Waals surface area contributed by atoms with Crippen LogP contribution >= 0.6 is 0 Å². The fourth-order valence-corrected chi connectivity index (χ4v) is 1.78. The average molecular weight is 247 g/mol. The van der Waals surface area contributed by atoms with Crippen molar-refractivity contribution in [2.24, 2.45) is 5.92 Å². The molecule has 0 aromatic heterocycles. The van der Waals surface area contributed by atoms with Crippen molar-refractivity contribution in [1.82, 2.24) is 0 Å². The minimum absolute atomic E-state index is 0.126. The second-order valence-electron chi connectivity index (χ2n) is 3.89. The summed E-state index contributed by atoms with van der Waals surface area (Å²) < 4.78 is 0. The monoisotopic (exact) mass is 247 g/mol. The van der Waals surface area contributed by atoms with Gasteiger partial charge < -0.3 is 0 Å². The molecule has 0 fully saturated rings. The first-order chi connectivity index (χ1) is 8.43. The van der Waals surface area contributed by atoms with E-state index in [1.54, 1.807) is 30.3 Å². The predicted molar refractivity (Wildman–Crippen MR) is 66.3 cm³/mol. The molecule has 1 aromatic rings. The third kappa shape index (κ3) is 3.35. The van der Waals surface area contributed by atoms with Crippen molar-refractivity contribution in [3.63, 3.8) is 0 Å². The fraction of sp³-hybridized carbons (Fsp3) is 0.231. The SMILES string of the molecule is CC(=O)C(C(C)=O)C(=C[N+](=O)[O-])c1ccccc1. The third-order valence-electron chi connectivity index (χ3n) is 2.48. The minimum atomic E-state index is -1.09. The van der Waals surface area contributed by atoms with Crippen LogP contribution in [0.3, 0.4) is 0 Å². The molecule has 5 heteroatoms. The van der Waals surface area contributed by atoms with Crippen LogP contribution in [0.1, 0.15) is 19.4 Å². The molecule has 0 unspecified atom stereocenters. The molecule has 94 valence electrons. The summed E-state index contributed by atoms with van der Waals surface area (Å²) in [6.07, 6.45) is 0.725. The fourth-order valence-electron chi connectivity index (χ4n) is 1.78. The number of hydrogen-bond donors (Lipinski definition) is 0. The summed E-state index contributed by atoms with van der Waals surface area (Å²) in [6.45, 7) is 2.51. The van der Waals surface area contributed by atoms with Gasteiger partial charge >= 0.3 is 0 Å². The summed E-state index contributed by atoms with van der Waals surface area (Å²) in [5.74, 6) is -1.89. The van der Waals surface area contributed by atoms with E-state index in [-0.39, 0.29) is 5.57 Å². The van der Waals surface area contributed by atoms with Gasteiger partial charge in [0.25, 0.3) is 0 Å². The Morgan fingerprint density at radius 3 is 2.06 bits per heavy atom. The molecule has 0 aliphatic heterocycles. The van der Waals surface area contributed by atoms with Gasteiger partial charge in [-0.2, -0.15) is 0 Å². The summed E-state index contributed by atoms with van der Waals surface area (Å²) in [6, 6.07) is 8.41. The van der Waals surface area contributed by atoms with Crippen LogP contribution < -0.4 is 0 Å². The molecule has 1 rings (SSSR count). The van der Waals surface area contributed by atoms with E-state index in [2.05, 4.69) is 0 Å². The number of hydrogen-bond acceptors (Lipinski definition) is 4. The van der Waals surface area contributed by atoms with E-state index >= 15 is 0 Å². The summed E-state index contributed by atoms with van der Waals surface area (Å²) in [5.41, 5.74) is 0.630. The van der Waals surface area contributed by atoms with E-state index in [1.807, 2.05) is 0 Å². The molecule has 0 spiro atoms. The van der Waals surface area contributed by atoms with Crippen molar-refractivity contribution in [3.05, 3.63) is 52.2 Å². The Kier molecular flexibility index (Phi) is 4.48. The van der Waals surface area contributed by atoms with E-state index in [1.165, 1.54) is 13.8 Å². The van der Waals surface area contributed by atoms with Crippen molar-refractivity contribution in [2.75, 3.05) is 0 Å². The summed E-state index contributed by atoms with van der Waals surface area (Å²) in [7, 11) is 0. The zero-order valence-electron chi connectivity index (χ0n) is 10.1. The molecule has 0 atom stereocenters. The second kappa shape index (κ2) is 5.86. The minimum Gasteiger partial charge on any atom is -0.299 e. The molecule has 0 amide bonds. The zero-order valence-corrected chi connectivity index (χ0v) is 10.1. The molecular weight excluding hydrogens is 234 g/mol. The van der Waals surface area contributed by atoms with E-state index < -0.39 is 22.4 Å². The molecule has 0 saturated heterocycles. The number of carbonyl (C=O) groups excluding carboxylic acids is 2. The lowest BCUT2D eigenvalue weighted by Gasteiger charge is -2.12. The molecule has 18 heavy (non-hydrogen) atoms. The molecule has 0 heterocycles. The lowest BCUT2D eigenvalue weighted by atomic mass is 9.87. The number of nitrogens with zero attached hydrogens (tertiary/aromatic N) is 1. The Bertz CT molecular complexity index is 491. The standard InChI is InChI=1S/C13H13NO4/c1-9(15)13(10(2)16)12(8-14(17)18)11-6-4-3-5-7-11/h3-8,13H,1-2H3. The number of Topliss-reactive ketones (excluding diaryl/α,β-unsaturated/α-hetero) is 2. The molecule has 0 radical (unpaired) electrons. The molecule has 0 N–H and O–H groups in total. The van der Waals surface area contributed by atoms with Crippen LogP contribution in [0.2, 0.25) is 0 Å². The number of rotatable bonds is 5. The maximum atomic E-state index is 11.5. The highest BCUT2D eigenvalue weighted by Crippen LogP contribution is 2.25. The van der Waals surface area contributed by atoms with Crippen LogP contribution in [0.15, 0.2) is 36.5 Å². The van der Waals surface area contributed by atoms with Gasteiger partial charge in [0, 0.05) is 5.57 Å². The van der Waals surface area contributed by atoms with Gasteiger partial charge in [0.2, 0.25) is 6.20 Å². The average Bonchev–Trinajstić information content (AvgIpc) is 2.27. The van der Waals surface area contributed by atoms with Gasteiger partial charge in [0.05, 0.1) is 4.92 Å². The number of nitro groups is 1. The first kappa shape index (κ1) is 13.8. The molecule has 0 saturated carbocycles. The van der Waals surface area contributed by atoms with E-state index in [0.717, 1.165) is 6.20 Å². The van der Waals surface area contributed by atoms with Crippen LogP contribution in [0.5, 0.6) is 0 Å². The zero-order chi connectivity index (χ0) is 13.7. The van der Waals surface area contributed by atoms with Gasteiger partial charge in [-0.15, -0.1) is 0 Å². The van der Waals surface area contributed by atoms with E-state index in [9.17, 15) is 19.7 Å². The lowest BCUT2D eigenvalue weighted by molar-refractivity contribution is -0.401. The van der Waals surface area contributed by atoms with Crippen LogP contribution in [-0.4, -0.2) is 16.5 Å². The molecular formula is C13H13NO4. The van der Waals surface area contributed by atoms with Gasteiger partial charge in [0.1, 0.15) is 17.5 Å². The normalized spacial score (nSPS) is 11.4. The van der Waals surface area contributed by atoms with Gasteiger partial charge in [0.15, 0.2) is 0 Å². The predicted octanol–water partition coefficient (Wildman–Crippen LogP) is 2.10. The van der Waals surface area contributed by atoms with Crippen LogP contribution in [0.4, 0.5) is 0 Å². The van der Waals surface area contributed by atoms with Gasteiger partial charge in [-0.1, -0.05) is 30.3 Å². The first-order valence-electron chi connectivity index (χ1n) is 5.35. The van der Waals surface area contributed by atoms with Crippen LogP contribution in [-0.2, 0) is 9.59 Å². The first-order valence-corrected chi connectivity index (χ1v) is 5.35. The van der Waals surface area contributed by atoms with E-state index in [0.29, 0.717) is 5.56 Å². The Hall–Kier alpha value is -2.30. The summed E-state index contributed by atoms with van der Waals surface area (Å²) >= 11 is 0. The summed E-state index contributed by atoms with van der Waals surface area (Å²) in [4.78, 5) is 33.0. The Morgan fingerprint density at radius 2 is 1.67 bits per heavy atom. The van der Waals surface area contributed by atoms with Gasteiger partial charge in [-0.05, 0) is 19.4 Å². The van der Waals surface area contributed by atoms with Crippen molar-refractivity contribution >= 4 is 17.1 Å². The van der Waals surface area contributed by atoms with Crippen molar-refractivity contribution < 1.29 is 14.5 Å². The Balaban J connectivity index is 3.34. The maximum absolute atomic E-state index is 11.5. The van der Waals surface area contributed by atoms with Gasteiger partial charge in [-0.25, -0.2) is 0 Å². The topological polar surface area (TPSA) is 77.3 Å². The maximum Gasteiger partial charge on any atom is 0.239 e. The highest BCUT2D eigenvalue weighted by Gasteiger charge is 2.27. The summed E-state index contributed by atoms with van der Waals surface area (Å²) in [5, 5.41) is 10.6. The highest BCUT2D eigenvalue weighted by molar-refractivity contribution is 6.10. The Morgan fingerprint density at radius 1 is 1.17 bits per heavy atom. The smallest absolute Gasteiger partial charge is 0.239 e. The van der Waals surface area contributed by atoms with Crippen LogP contribution in [0, 0.1) is 16.0 Å². The van der Waals surface area contributed by atoms with Crippen LogP contribution in [0.25, 0.3) is 5.57 Å². The number of carbonyl (C=O) groups is 2. The molecule has 1 aromatic carbocycles. The van der Waals surface area contributed by atoms with Crippen molar-refractivity contribution in [1.29, 1.82) is 0 Å². The molecule has 5 nitrogen and oxygen atoms in total. The third-order valence-corrected chi connectivity index (χ3v) is 2.48. The Labute approximate surface area is 104 Å². The van der Waals surface area contributed by atoms with Crippen molar-refractivity contribution in [2.45, 2.75) is 13.8 Å². The lowest BCUT2D eigenvalue weighted by Crippen LogP contribution is -2.21. The van der Waals surface area contributed by atoms with Gasteiger partial charge in [-0.3, -0.25) is 19.7 Å². The number of benzene rings is 1. The second-order valence-corrected chi connectivity index (χ2v) is 3.89. The number of allylic oxidation sites excluding steroid dienone is 1. The van der Waals surface area contributed by atoms with E-state index in [4.69, 9.17) is 0 Å². The highest BCUT2D eigenvalue weighted by atomic mass is 16.6.